The van der Waals surface area contributed by atoms with E-state index in [4.69, 9.17) is 0 Å². The maximum Gasteiger partial charge on any atom is 0.229 e. The predicted octanol–water partition coefficient (Wildman–Crippen LogP) is 3.34. The number of amides is 1. The molecule has 26 heavy (non-hydrogen) atoms. The number of pyridine rings is 1. The summed E-state index contributed by atoms with van der Waals surface area (Å²) >= 11 is 0. The molecular weight excluding hydrogens is 324 g/mol. The van der Waals surface area contributed by atoms with Gasteiger partial charge in [0.25, 0.3) is 0 Å². The summed E-state index contributed by atoms with van der Waals surface area (Å²) in [6.45, 7) is 0. The van der Waals surface area contributed by atoms with Gasteiger partial charge in [0.1, 0.15) is 5.82 Å². The van der Waals surface area contributed by atoms with Gasteiger partial charge in [-0.15, -0.1) is 0 Å². The highest BCUT2D eigenvalue weighted by molar-refractivity contribution is 5.94. The smallest absolute Gasteiger partial charge is 0.229 e. The van der Waals surface area contributed by atoms with Crippen molar-refractivity contribution in [3.63, 3.8) is 0 Å². The van der Waals surface area contributed by atoms with Gasteiger partial charge in [0.05, 0.1) is 6.20 Å². The van der Waals surface area contributed by atoms with E-state index in [0.717, 1.165) is 24.8 Å². The number of aryl methyl sites for hydroxylation is 3. The fraction of sp³-hybridized carbons (Fsp3) is 0.286. The number of nitrogens with zero attached hydrogens (tertiary/aromatic N) is 3. The Kier molecular flexibility index (Phi) is 4.52. The number of hydrogen-bond acceptors (Lipinski definition) is 3. The van der Waals surface area contributed by atoms with E-state index in [-0.39, 0.29) is 17.7 Å². The van der Waals surface area contributed by atoms with Gasteiger partial charge < -0.3 is 5.32 Å². The second-order valence-electron chi connectivity index (χ2n) is 6.92. The second-order valence-corrected chi connectivity index (χ2v) is 6.92. The van der Waals surface area contributed by atoms with Crippen LogP contribution in [0.5, 0.6) is 0 Å². The highest BCUT2D eigenvalue weighted by atomic mass is 16.2. The molecule has 2 heterocycles. The van der Waals surface area contributed by atoms with Crippen LogP contribution in [0.15, 0.2) is 61.1 Å². The van der Waals surface area contributed by atoms with Crippen molar-refractivity contribution in [3.05, 3.63) is 77.7 Å². The zero-order chi connectivity index (χ0) is 17.9. The minimum Gasteiger partial charge on any atom is -0.310 e. The van der Waals surface area contributed by atoms with E-state index in [2.05, 4.69) is 39.7 Å². The lowest BCUT2D eigenvalue weighted by atomic mass is 10.1. The molecular formula is C21H22N4O. The monoisotopic (exact) mass is 346 g/mol. The molecule has 0 saturated heterocycles. The molecule has 1 saturated carbocycles. The van der Waals surface area contributed by atoms with Crippen molar-refractivity contribution in [1.29, 1.82) is 0 Å². The molecule has 1 aromatic carbocycles. The number of rotatable bonds is 6. The number of aromatic nitrogens is 3. The normalized spacial score (nSPS) is 18.5. The first-order valence-electron chi connectivity index (χ1n) is 8.97. The number of carbonyl (C=O) groups excluding carboxylic acids is 1. The molecule has 1 fully saturated rings. The van der Waals surface area contributed by atoms with Crippen molar-refractivity contribution >= 4 is 11.7 Å². The fourth-order valence-electron chi connectivity index (χ4n) is 3.34. The van der Waals surface area contributed by atoms with Crippen molar-refractivity contribution in [2.75, 3.05) is 5.32 Å². The second kappa shape index (κ2) is 7.12. The Labute approximate surface area is 153 Å². The van der Waals surface area contributed by atoms with Crippen molar-refractivity contribution in [2.24, 2.45) is 13.0 Å². The lowest BCUT2D eigenvalue weighted by Crippen LogP contribution is -2.15. The highest BCUT2D eigenvalue weighted by Crippen LogP contribution is 2.47. The Bertz CT molecular complexity index is 903. The van der Waals surface area contributed by atoms with E-state index >= 15 is 0 Å². The first-order valence-corrected chi connectivity index (χ1v) is 8.97. The van der Waals surface area contributed by atoms with Crippen LogP contribution in [0.25, 0.3) is 0 Å². The van der Waals surface area contributed by atoms with Gasteiger partial charge in [-0.25, -0.2) is 4.98 Å². The number of carbonyl (C=O) groups is 1. The third kappa shape index (κ3) is 3.82. The average molecular weight is 346 g/mol. The molecule has 132 valence electrons. The number of hydrogen-bond donors (Lipinski definition) is 1. The Morgan fingerprint density at radius 1 is 1.19 bits per heavy atom. The molecule has 1 aliphatic carbocycles. The van der Waals surface area contributed by atoms with E-state index < -0.39 is 0 Å². The van der Waals surface area contributed by atoms with Crippen molar-refractivity contribution < 1.29 is 4.79 Å². The maximum absolute atomic E-state index is 12.5. The summed E-state index contributed by atoms with van der Waals surface area (Å²) in [5.41, 5.74) is 3.63. The van der Waals surface area contributed by atoms with Gasteiger partial charge in [-0.2, -0.15) is 5.10 Å². The van der Waals surface area contributed by atoms with Crippen LogP contribution >= 0.6 is 0 Å². The summed E-state index contributed by atoms with van der Waals surface area (Å²) in [7, 11) is 1.89. The van der Waals surface area contributed by atoms with Gasteiger partial charge in [-0.3, -0.25) is 9.48 Å². The molecule has 1 N–H and O–H groups in total. The van der Waals surface area contributed by atoms with E-state index in [9.17, 15) is 4.79 Å². The van der Waals surface area contributed by atoms with Crippen LogP contribution in [-0.4, -0.2) is 20.7 Å². The summed E-state index contributed by atoms with van der Waals surface area (Å²) in [6.07, 6.45) is 8.38. The van der Waals surface area contributed by atoms with Crippen LogP contribution in [0, 0.1) is 5.92 Å². The Balaban J connectivity index is 1.34. The Morgan fingerprint density at radius 3 is 2.77 bits per heavy atom. The quantitative estimate of drug-likeness (QED) is 0.745. The maximum atomic E-state index is 12.5. The van der Waals surface area contributed by atoms with Crippen LogP contribution < -0.4 is 5.32 Å². The van der Waals surface area contributed by atoms with Crippen LogP contribution in [0.1, 0.15) is 29.0 Å². The van der Waals surface area contributed by atoms with Crippen molar-refractivity contribution in [3.8, 4) is 0 Å². The summed E-state index contributed by atoms with van der Waals surface area (Å²) in [5.74, 6) is 0.989. The zero-order valence-electron chi connectivity index (χ0n) is 14.8. The molecule has 5 nitrogen and oxygen atoms in total. The van der Waals surface area contributed by atoms with Crippen molar-refractivity contribution in [1.82, 2.24) is 14.8 Å². The average Bonchev–Trinajstić information content (AvgIpc) is 3.35. The lowest BCUT2D eigenvalue weighted by Gasteiger charge is -2.07. The zero-order valence-corrected chi connectivity index (χ0v) is 14.8. The summed E-state index contributed by atoms with van der Waals surface area (Å²) in [5, 5.41) is 7.16. The third-order valence-electron chi connectivity index (χ3n) is 4.90. The van der Waals surface area contributed by atoms with Crippen LogP contribution in [0.4, 0.5) is 5.82 Å². The number of nitrogens with one attached hydrogen (secondary N) is 1. The topological polar surface area (TPSA) is 59.8 Å². The van der Waals surface area contributed by atoms with Gasteiger partial charge in [-0.1, -0.05) is 30.3 Å². The molecule has 3 aromatic rings. The SMILES string of the molecule is Cn1cc([C@@H]2C[C@H]2C(=O)Nc2cc(CCc3ccccc3)ccn2)cn1. The van der Waals surface area contributed by atoms with Gasteiger partial charge in [0, 0.05) is 25.4 Å². The fourth-order valence-corrected chi connectivity index (χ4v) is 3.34. The first-order chi connectivity index (χ1) is 12.7. The molecule has 0 radical (unpaired) electrons. The number of anilines is 1. The highest BCUT2D eigenvalue weighted by Gasteiger charge is 2.44. The summed E-state index contributed by atoms with van der Waals surface area (Å²) < 4.78 is 1.78. The molecule has 0 spiro atoms. The van der Waals surface area contributed by atoms with Gasteiger partial charge in [-0.05, 0) is 54.0 Å². The molecule has 2 atom stereocenters. The van der Waals surface area contributed by atoms with E-state index in [1.807, 2.05) is 37.6 Å². The minimum atomic E-state index is 0.0222. The van der Waals surface area contributed by atoms with E-state index in [1.165, 1.54) is 11.1 Å². The van der Waals surface area contributed by atoms with Crippen LogP contribution in [-0.2, 0) is 24.7 Å². The standard InChI is InChI=1S/C21H22N4O/c1-25-14-17(13-23-25)18-12-19(18)21(26)24-20-11-16(9-10-22-20)8-7-15-5-3-2-4-6-15/h2-6,9-11,13-14,18-19H,7-8,12H2,1H3,(H,22,24,26)/t18-,19+/m0/s1. The third-order valence-corrected chi connectivity index (χ3v) is 4.90. The van der Waals surface area contributed by atoms with E-state index in [0.29, 0.717) is 5.82 Å². The Hall–Kier alpha value is -2.95. The predicted molar refractivity (Wildman–Crippen MR) is 101 cm³/mol. The molecule has 1 amide bonds. The number of benzene rings is 1. The van der Waals surface area contributed by atoms with Crippen LogP contribution in [0.3, 0.4) is 0 Å². The van der Waals surface area contributed by atoms with Crippen molar-refractivity contribution in [2.45, 2.75) is 25.2 Å². The largest absolute Gasteiger partial charge is 0.310 e. The Morgan fingerprint density at radius 2 is 2.00 bits per heavy atom. The molecule has 0 bridgehead atoms. The van der Waals surface area contributed by atoms with Gasteiger partial charge in [0.2, 0.25) is 5.91 Å². The first kappa shape index (κ1) is 16.5. The lowest BCUT2D eigenvalue weighted by molar-refractivity contribution is -0.117. The van der Waals surface area contributed by atoms with Gasteiger partial charge >= 0.3 is 0 Å². The molecule has 5 heteroatoms. The molecule has 0 aliphatic heterocycles. The molecule has 2 aromatic heterocycles. The van der Waals surface area contributed by atoms with Crippen LogP contribution in [0.2, 0.25) is 0 Å². The van der Waals surface area contributed by atoms with E-state index in [1.54, 1.807) is 10.9 Å². The summed E-state index contributed by atoms with van der Waals surface area (Å²) in [6, 6.07) is 14.4. The minimum absolute atomic E-state index is 0.0222. The van der Waals surface area contributed by atoms with Gasteiger partial charge in [0.15, 0.2) is 0 Å². The molecule has 0 unspecified atom stereocenters. The molecule has 1 aliphatic rings. The molecule has 4 rings (SSSR count). The summed E-state index contributed by atoms with van der Waals surface area (Å²) in [4.78, 5) is 16.8.